The third-order valence-corrected chi connectivity index (χ3v) is 5.22. The van der Waals surface area contributed by atoms with Crippen LogP contribution in [0.1, 0.15) is 17.4 Å². The minimum absolute atomic E-state index is 0.195. The molecule has 102 valence electrons. The quantitative estimate of drug-likeness (QED) is 0.517. The van der Waals surface area contributed by atoms with Crippen LogP contribution >= 0.6 is 23.1 Å². The van der Waals surface area contributed by atoms with Gasteiger partial charge in [-0.25, -0.2) is 14.4 Å². The van der Waals surface area contributed by atoms with E-state index in [1.165, 1.54) is 10.9 Å². The molecule has 0 N–H and O–H groups in total. The molecule has 0 aliphatic rings. The topological polar surface area (TPSA) is 25.8 Å². The fourth-order valence-corrected chi connectivity index (χ4v) is 3.87. The lowest BCUT2D eigenvalue weighted by atomic mass is 10.2. The maximum absolute atomic E-state index is 13.2. The van der Waals surface area contributed by atoms with Crippen molar-refractivity contribution in [3.05, 3.63) is 52.9 Å². The van der Waals surface area contributed by atoms with Gasteiger partial charge in [-0.3, -0.25) is 0 Å². The van der Waals surface area contributed by atoms with Crippen molar-refractivity contribution in [2.75, 3.05) is 0 Å². The summed E-state index contributed by atoms with van der Waals surface area (Å²) in [6.07, 6.45) is 2.61. The van der Waals surface area contributed by atoms with Gasteiger partial charge in [0.05, 0.1) is 0 Å². The van der Waals surface area contributed by atoms with Crippen LogP contribution in [-0.2, 0) is 12.2 Å². The number of halogens is 1. The first-order valence-corrected chi connectivity index (χ1v) is 8.17. The van der Waals surface area contributed by atoms with Crippen LogP contribution in [0.5, 0.6) is 0 Å². The van der Waals surface area contributed by atoms with Crippen molar-refractivity contribution in [3.8, 4) is 0 Å². The zero-order valence-corrected chi connectivity index (χ0v) is 12.6. The van der Waals surface area contributed by atoms with Crippen LogP contribution in [0.25, 0.3) is 10.2 Å². The number of fused-ring (bicyclic) bond motifs is 1. The zero-order valence-electron chi connectivity index (χ0n) is 11.0. The fourth-order valence-electron chi connectivity index (χ4n) is 1.95. The SMILES string of the molecule is CCc1cc2c(SCc3cccc(F)c3)ncnc2s1. The molecule has 3 aromatic rings. The van der Waals surface area contributed by atoms with Gasteiger partial charge < -0.3 is 0 Å². The normalized spacial score (nSPS) is 11.1. The van der Waals surface area contributed by atoms with Crippen LogP contribution in [0.4, 0.5) is 4.39 Å². The Morgan fingerprint density at radius 1 is 1.25 bits per heavy atom. The highest BCUT2D eigenvalue weighted by molar-refractivity contribution is 7.98. The molecule has 0 bridgehead atoms. The number of hydrogen-bond acceptors (Lipinski definition) is 4. The van der Waals surface area contributed by atoms with E-state index < -0.39 is 0 Å². The van der Waals surface area contributed by atoms with Crippen LogP contribution in [-0.4, -0.2) is 9.97 Å². The number of nitrogens with zero attached hydrogens (tertiary/aromatic N) is 2. The number of benzene rings is 1. The third-order valence-electron chi connectivity index (χ3n) is 2.96. The minimum atomic E-state index is -0.195. The van der Waals surface area contributed by atoms with Crippen LogP contribution < -0.4 is 0 Å². The molecule has 1 aromatic carbocycles. The Bertz CT molecular complexity index is 740. The molecule has 0 amide bonds. The third kappa shape index (κ3) is 2.83. The molecule has 0 unspecified atom stereocenters. The van der Waals surface area contributed by atoms with E-state index in [0.29, 0.717) is 5.75 Å². The van der Waals surface area contributed by atoms with Gasteiger partial charge in [0.25, 0.3) is 0 Å². The monoisotopic (exact) mass is 304 g/mol. The summed E-state index contributed by atoms with van der Waals surface area (Å²) in [6, 6.07) is 8.86. The van der Waals surface area contributed by atoms with Gasteiger partial charge in [-0.1, -0.05) is 19.1 Å². The molecule has 5 heteroatoms. The molecule has 0 saturated heterocycles. The van der Waals surface area contributed by atoms with E-state index in [4.69, 9.17) is 0 Å². The van der Waals surface area contributed by atoms with Crippen LogP contribution in [0, 0.1) is 5.82 Å². The van der Waals surface area contributed by atoms with E-state index in [0.717, 1.165) is 27.2 Å². The summed E-state index contributed by atoms with van der Waals surface area (Å²) >= 11 is 3.34. The average Bonchev–Trinajstić information content (AvgIpc) is 2.89. The average molecular weight is 304 g/mol. The largest absolute Gasteiger partial charge is 0.229 e. The maximum Gasteiger partial charge on any atom is 0.128 e. The van der Waals surface area contributed by atoms with E-state index >= 15 is 0 Å². The molecule has 3 rings (SSSR count). The van der Waals surface area contributed by atoms with Gasteiger partial charge in [0.15, 0.2) is 0 Å². The van der Waals surface area contributed by atoms with Crippen LogP contribution in [0.2, 0.25) is 0 Å². The Labute approximate surface area is 125 Å². The van der Waals surface area contributed by atoms with E-state index in [-0.39, 0.29) is 5.82 Å². The van der Waals surface area contributed by atoms with E-state index in [9.17, 15) is 4.39 Å². The van der Waals surface area contributed by atoms with Crippen molar-refractivity contribution in [1.29, 1.82) is 0 Å². The lowest BCUT2D eigenvalue weighted by Gasteiger charge is -2.02. The Balaban J connectivity index is 1.85. The van der Waals surface area contributed by atoms with Crippen molar-refractivity contribution in [3.63, 3.8) is 0 Å². The Morgan fingerprint density at radius 2 is 2.15 bits per heavy atom. The highest BCUT2D eigenvalue weighted by atomic mass is 32.2. The standard InChI is InChI=1S/C15H13FN2S2/c1-2-12-7-13-14(17-9-18-15(13)20-12)19-8-10-4-3-5-11(16)6-10/h3-7,9H,2,8H2,1H3. The lowest BCUT2D eigenvalue weighted by Crippen LogP contribution is -1.86. The Kier molecular flexibility index (Phi) is 3.98. The van der Waals surface area contributed by atoms with Crippen molar-refractivity contribution in [1.82, 2.24) is 9.97 Å². The molecule has 0 radical (unpaired) electrons. The molecule has 0 spiro atoms. The van der Waals surface area contributed by atoms with Gasteiger partial charge in [0.1, 0.15) is 22.0 Å². The van der Waals surface area contributed by atoms with Gasteiger partial charge in [0, 0.05) is 16.0 Å². The summed E-state index contributed by atoms with van der Waals surface area (Å²) in [6.45, 7) is 2.14. The number of rotatable bonds is 4. The second-order valence-corrected chi connectivity index (χ2v) is 6.46. The van der Waals surface area contributed by atoms with Gasteiger partial charge >= 0.3 is 0 Å². The smallest absolute Gasteiger partial charge is 0.128 e. The molecule has 2 heterocycles. The van der Waals surface area contributed by atoms with Crippen LogP contribution in [0.3, 0.4) is 0 Å². The predicted octanol–water partition coefficient (Wildman–Crippen LogP) is 4.69. The molecule has 0 atom stereocenters. The van der Waals surface area contributed by atoms with Gasteiger partial charge in [-0.15, -0.1) is 23.1 Å². The Hall–Kier alpha value is -1.46. The second-order valence-electron chi connectivity index (χ2n) is 4.38. The van der Waals surface area contributed by atoms with E-state index in [2.05, 4.69) is 23.0 Å². The van der Waals surface area contributed by atoms with Gasteiger partial charge in [-0.2, -0.15) is 0 Å². The summed E-state index contributed by atoms with van der Waals surface area (Å²) in [7, 11) is 0. The van der Waals surface area contributed by atoms with Gasteiger partial charge in [0.2, 0.25) is 0 Å². The second kappa shape index (κ2) is 5.89. The summed E-state index contributed by atoms with van der Waals surface area (Å²) in [4.78, 5) is 11.0. The van der Waals surface area contributed by atoms with E-state index in [1.807, 2.05) is 6.07 Å². The number of thioether (sulfide) groups is 1. The summed E-state index contributed by atoms with van der Waals surface area (Å²) in [5.41, 5.74) is 0.965. The summed E-state index contributed by atoms with van der Waals surface area (Å²) < 4.78 is 13.2. The maximum atomic E-state index is 13.2. The van der Waals surface area contributed by atoms with Gasteiger partial charge in [-0.05, 0) is 30.2 Å². The molecular weight excluding hydrogens is 291 g/mol. The number of aryl methyl sites for hydroxylation is 1. The first-order chi connectivity index (χ1) is 9.76. The molecule has 0 aliphatic carbocycles. The zero-order chi connectivity index (χ0) is 13.9. The number of thiophene rings is 1. The summed E-state index contributed by atoms with van der Waals surface area (Å²) in [5.74, 6) is 0.515. The fraction of sp³-hybridized carbons (Fsp3) is 0.200. The predicted molar refractivity (Wildman–Crippen MR) is 82.8 cm³/mol. The van der Waals surface area contributed by atoms with Crippen molar-refractivity contribution in [2.45, 2.75) is 24.1 Å². The highest BCUT2D eigenvalue weighted by Gasteiger charge is 2.08. The lowest BCUT2D eigenvalue weighted by molar-refractivity contribution is 0.626. The molecule has 0 aliphatic heterocycles. The van der Waals surface area contributed by atoms with Crippen molar-refractivity contribution in [2.24, 2.45) is 0 Å². The molecule has 0 fully saturated rings. The Morgan fingerprint density at radius 3 is 2.95 bits per heavy atom. The molecule has 2 aromatic heterocycles. The van der Waals surface area contributed by atoms with E-state index in [1.54, 1.807) is 41.6 Å². The number of aromatic nitrogens is 2. The van der Waals surface area contributed by atoms with Crippen molar-refractivity contribution < 1.29 is 4.39 Å². The van der Waals surface area contributed by atoms with Crippen molar-refractivity contribution >= 4 is 33.3 Å². The minimum Gasteiger partial charge on any atom is -0.229 e. The highest BCUT2D eigenvalue weighted by Crippen LogP contribution is 2.32. The first-order valence-electron chi connectivity index (χ1n) is 6.37. The van der Waals surface area contributed by atoms with Crippen LogP contribution in [0.15, 0.2) is 41.7 Å². The molecule has 20 heavy (non-hydrogen) atoms. The molecule has 0 saturated carbocycles. The molecule has 2 nitrogen and oxygen atoms in total. The molecular formula is C15H13FN2S2. The number of hydrogen-bond donors (Lipinski definition) is 0. The summed E-state index contributed by atoms with van der Waals surface area (Å²) in [5, 5.41) is 2.07. The first kappa shape index (κ1) is 13.5.